The lowest BCUT2D eigenvalue weighted by Crippen LogP contribution is -2.25. The van der Waals surface area contributed by atoms with E-state index in [9.17, 15) is 4.79 Å². The number of hydrogen-bond donors (Lipinski definition) is 3. The molecule has 2 heterocycles. The van der Waals surface area contributed by atoms with Crippen molar-refractivity contribution in [1.82, 2.24) is 25.5 Å². The van der Waals surface area contributed by atoms with Gasteiger partial charge in [-0.15, -0.1) is 0 Å². The lowest BCUT2D eigenvalue weighted by atomic mass is 10.3. The molecule has 0 radical (unpaired) electrons. The molecule has 2 aromatic heterocycles. The minimum atomic E-state index is -0.235. The molecule has 0 aliphatic carbocycles. The number of carbonyl (C=O) groups is 1. The van der Waals surface area contributed by atoms with E-state index in [2.05, 4.69) is 25.5 Å². The van der Waals surface area contributed by atoms with Gasteiger partial charge in [0.25, 0.3) is 5.91 Å². The van der Waals surface area contributed by atoms with Crippen LogP contribution in [0, 0.1) is 0 Å². The highest BCUT2D eigenvalue weighted by Crippen LogP contribution is 2.21. The van der Waals surface area contributed by atoms with Crippen LogP contribution in [0.25, 0.3) is 0 Å². The lowest BCUT2D eigenvalue weighted by Gasteiger charge is -2.02. The first-order chi connectivity index (χ1) is 8.66. The van der Waals surface area contributed by atoms with Gasteiger partial charge in [-0.05, 0) is 12.5 Å². The third-order valence-electron chi connectivity index (χ3n) is 2.31. The minimum absolute atomic E-state index is 0.235. The van der Waals surface area contributed by atoms with Crippen LogP contribution in [0.1, 0.15) is 22.7 Å². The van der Waals surface area contributed by atoms with Crippen LogP contribution in [-0.2, 0) is 6.42 Å². The number of aromatic amines is 2. The van der Waals surface area contributed by atoms with Gasteiger partial charge in [-0.3, -0.25) is 9.89 Å². The SMILES string of the molecule is O=C(NCCCc1ncn[nH]1)c1cc(Cl)c(Cl)[nH]1. The highest BCUT2D eigenvalue weighted by molar-refractivity contribution is 6.41. The Hall–Kier alpha value is -1.53. The molecule has 0 aromatic carbocycles. The summed E-state index contributed by atoms with van der Waals surface area (Å²) < 4.78 is 0. The molecule has 0 bridgehead atoms. The van der Waals surface area contributed by atoms with Crippen molar-refractivity contribution < 1.29 is 4.79 Å². The van der Waals surface area contributed by atoms with E-state index < -0.39 is 0 Å². The summed E-state index contributed by atoms with van der Waals surface area (Å²) in [7, 11) is 0. The molecule has 0 spiro atoms. The fourth-order valence-electron chi connectivity index (χ4n) is 1.43. The van der Waals surface area contributed by atoms with Gasteiger partial charge >= 0.3 is 0 Å². The Bertz CT molecular complexity index is 503. The van der Waals surface area contributed by atoms with Crippen LogP contribution in [0.15, 0.2) is 12.4 Å². The molecule has 96 valence electrons. The Morgan fingerprint density at radius 1 is 1.44 bits per heavy atom. The highest BCUT2D eigenvalue weighted by Gasteiger charge is 2.10. The van der Waals surface area contributed by atoms with E-state index in [4.69, 9.17) is 23.2 Å². The van der Waals surface area contributed by atoms with Crippen LogP contribution >= 0.6 is 23.2 Å². The molecular formula is C10H11Cl2N5O. The van der Waals surface area contributed by atoms with Crippen molar-refractivity contribution in [3.05, 3.63) is 34.1 Å². The van der Waals surface area contributed by atoms with Crippen LogP contribution in [0.2, 0.25) is 10.2 Å². The van der Waals surface area contributed by atoms with Crippen molar-refractivity contribution in [2.75, 3.05) is 6.54 Å². The summed E-state index contributed by atoms with van der Waals surface area (Å²) in [4.78, 5) is 18.4. The summed E-state index contributed by atoms with van der Waals surface area (Å²) >= 11 is 11.5. The number of halogens is 2. The average Bonchev–Trinajstić information content (AvgIpc) is 2.96. The third kappa shape index (κ3) is 3.24. The first kappa shape index (κ1) is 12.9. The summed E-state index contributed by atoms with van der Waals surface area (Å²) in [6, 6.07) is 1.50. The monoisotopic (exact) mass is 287 g/mol. The largest absolute Gasteiger partial charge is 0.351 e. The van der Waals surface area contributed by atoms with Crippen molar-refractivity contribution >= 4 is 29.1 Å². The fourth-order valence-corrected chi connectivity index (χ4v) is 1.74. The molecule has 2 rings (SSSR count). The number of hydrogen-bond acceptors (Lipinski definition) is 3. The first-order valence-electron chi connectivity index (χ1n) is 5.33. The molecule has 1 amide bonds. The van der Waals surface area contributed by atoms with Gasteiger partial charge in [0, 0.05) is 13.0 Å². The van der Waals surface area contributed by atoms with E-state index in [1.807, 2.05) is 0 Å². The molecule has 0 fully saturated rings. The molecule has 18 heavy (non-hydrogen) atoms. The van der Waals surface area contributed by atoms with Crippen LogP contribution in [0.5, 0.6) is 0 Å². The van der Waals surface area contributed by atoms with E-state index in [-0.39, 0.29) is 11.1 Å². The van der Waals surface area contributed by atoms with Crippen LogP contribution in [0.4, 0.5) is 0 Å². The Labute approximate surface area is 113 Å². The molecule has 0 aliphatic rings. The maximum atomic E-state index is 11.7. The number of aryl methyl sites for hydroxylation is 1. The van der Waals surface area contributed by atoms with E-state index in [0.29, 0.717) is 17.3 Å². The van der Waals surface area contributed by atoms with E-state index in [1.165, 1.54) is 12.4 Å². The van der Waals surface area contributed by atoms with E-state index >= 15 is 0 Å². The zero-order chi connectivity index (χ0) is 13.0. The number of carbonyl (C=O) groups excluding carboxylic acids is 1. The van der Waals surface area contributed by atoms with Gasteiger partial charge in [0.05, 0.1) is 5.02 Å². The Morgan fingerprint density at radius 3 is 2.89 bits per heavy atom. The van der Waals surface area contributed by atoms with Crippen LogP contribution in [0.3, 0.4) is 0 Å². The Balaban J connectivity index is 1.75. The van der Waals surface area contributed by atoms with E-state index in [0.717, 1.165) is 18.7 Å². The van der Waals surface area contributed by atoms with E-state index in [1.54, 1.807) is 0 Å². The van der Waals surface area contributed by atoms with Gasteiger partial charge in [0.15, 0.2) is 0 Å². The van der Waals surface area contributed by atoms with Crippen molar-refractivity contribution in [3.8, 4) is 0 Å². The van der Waals surface area contributed by atoms with Crippen LogP contribution in [-0.4, -0.2) is 32.6 Å². The molecule has 2 aromatic rings. The van der Waals surface area contributed by atoms with Crippen molar-refractivity contribution in [2.45, 2.75) is 12.8 Å². The summed E-state index contributed by atoms with van der Waals surface area (Å²) in [5, 5.41) is 9.85. The second-order valence-corrected chi connectivity index (χ2v) is 4.42. The number of amides is 1. The molecule has 3 N–H and O–H groups in total. The van der Waals surface area contributed by atoms with Gasteiger partial charge in [0.2, 0.25) is 0 Å². The number of H-pyrrole nitrogens is 2. The molecule has 0 atom stereocenters. The van der Waals surface area contributed by atoms with Gasteiger partial charge < -0.3 is 10.3 Å². The van der Waals surface area contributed by atoms with Crippen molar-refractivity contribution in [2.24, 2.45) is 0 Å². The third-order valence-corrected chi connectivity index (χ3v) is 3.00. The molecule has 6 nitrogen and oxygen atoms in total. The zero-order valence-electron chi connectivity index (χ0n) is 9.33. The molecule has 8 heteroatoms. The predicted molar refractivity (Wildman–Crippen MR) is 67.8 cm³/mol. The topological polar surface area (TPSA) is 86.5 Å². The molecule has 0 unspecified atom stereocenters. The summed E-state index contributed by atoms with van der Waals surface area (Å²) in [5.74, 6) is 0.566. The molecular weight excluding hydrogens is 277 g/mol. The van der Waals surface area contributed by atoms with Gasteiger partial charge in [-0.2, -0.15) is 5.10 Å². The summed E-state index contributed by atoms with van der Waals surface area (Å²) in [5.41, 5.74) is 0.352. The van der Waals surface area contributed by atoms with Crippen molar-refractivity contribution in [3.63, 3.8) is 0 Å². The number of nitrogens with one attached hydrogen (secondary N) is 3. The number of aromatic nitrogens is 4. The maximum Gasteiger partial charge on any atom is 0.267 e. The smallest absolute Gasteiger partial charge is 0.267 e. The first-order valence-corrected chi connectivity index (χ1v) is 6.09. The molecule has 0 aliphatic heterocycles. The second-order valence-electron chi connectivity index (χ2n) is 3.64. The normalized spacial score (nSPS) is 10.6. The van der Waals surface area contributed by atoms with Crippen molar-refractivity contribution in [1.29, 1.82) is 0 Å². The number of rotatable bonds is 5. The highest BCUT2D eigenvalue weighted by atomic mass is 35.5. The molecule has 0 saturated carbocycles. The lowest BCUT2D eigenvalue weighted by molar-refractivity contribution is 0.0949. The average molecular weight is 288 g/mol. The van der Waals surface area contributed by atoms with Gasteiger partial charge in [0.1, 0.15) is 23.0 Å². The maximum absolute atomic E-state index is 11.7. The van der Waals surface area contributed by atoms with Crippen LogP contribution < -0.4 is 5.32 Å². The summed E-state index contributed by atoms with van der Waals surface area (Å²) in [6.07, 6.45) is 2.95. The second kappa shape index (κ2) is 5.88. The predicted octanol–water partition coefficient (Wildman–Crippen LogP) is 1.80. The quantitative estimate of drug-likeness (QED) is 0.733. The standard InChI is InChI=1S/C10H11Cl2N5O/c11-6-4-7(16-9(6)12)10(18)13-3-1-2-8-14-5-15-17-8/h4-5,16H,1-3H2,(H,13,18)(H,14,15,17). The Kier molecular flexibility index (Phi) is 4.22. The van der Waals surface area contributed by atoms with Gasteiger partial charge in [-0.25, -0.2) is 4.98 Å². The zero-order valence-corrected chi connectivity index (χ0v) is 10.8. The Morgan fingerprint density at radius 2 is 2.28 bits per heavy atom. The summed E-state index contributed by atoms with van der Waals surface area (Å²) in [6.45, 7) is 0.536. The van der Waals surface area contributed by atoms with Gasteiger partial charge in [-0.1, -0.05) is 23.2 Å². The minimum Gasteiger partial charge on any atom is -0.351 e. The molecule has 0 saturated heterocycles. The number of nitrogens with zero attached hydrogens (tertiary/aromatic N) is 2. The fraction of sp³-hybridized carbons (Fsp3) is 0.300.